The molecule has 0 bridgehead atoms. The Morgan fingerprint density at radius 1 is 0.548 bits per heavy atom. The van der Waals surface area contributed by atoms with Gasteiger partial charge in [0, 0.05) is 6.07 Å². The van der Waals surface area contributed by atoms with E-state index in [1.165, 1.54) is 26.9 Å². The number of hydrogen-bond acceptors (Lipinski definition) is 2. The predicted molar refractivity (Wildman–Crippen MR) is 129 cm³/mol. The van der Waals surface area contributed by atoms with E-state index in [0.717, 1.165) is 21.7 Å². The first-order valence-electron chi connectivity index (χ1n) is 10.2. The van der Waals surface area contributed by atoms with Gasteiger partial charge in [0.15, 0.2) is 0 Å². The highest BCUT2D eigenvalue weighted by Gasteiger charge is 2.16. The minimum absolute atomic E-state index is 0.123. The molecule has 6 aromatic carbocycles. The van der Waals surface area contributed by atoms with Crippen molar-refractivity contribution in [3.63, 3.8) is 0 Å². The number of nitro benzene ring substituents is 1. The van der Waals surface area contributed by atoms with Crippen LogP contribution < -0.4 is 0 Å². The second kappa shape index (κ2) is 6.64. The smallest absolute Gasteiger partial charge is 0.258 e. The lowest BCUT2D eigenvalue weighted by Crippen LogP contribution is -1.92. The van der Waals surface area contributed by atoms with Gasteiger partial charge >= 0.3 is 0 Å². The molecule has 0 radical (unpaired) electrons. The number of rotatable bonds is 2. The molecule has 0 N–H and O–H groups in total. The Hall–Kier alpha value is -4.24. The van der Waals surface area contributed by atoms with Crippen LogP contribution in [-0.4, -0.2) is 4.92 Å². The highest BCUT2D eigenvalue weighted by Crippen LogP contribution is 2.41. The molecule has 0 saturated heterocycles. The zero-order valence-electron chi connectivity index (χ0n) is 16.6. The van der Waals surface area contributed by atoms with Gasteiger partial charge in [-0.3, -0.25) is 10.1 Å². The van der Waals surface area contributed by atoms with Gasteiger partial charge in [-0.2, -0.15) is 0 Å². The first kappa shape index (κ1) is 17.6. The third-order valence-corrected chi connectivity index (χ3v) is 6.14. The number of nitro groups is 1. The number of benzene rings is 6. The molecule has 0 amide bonds. The molecule has 0 saturated carbocycles. The van der Waals surface area contributed by atoms with E-state index >= 15 is 0 Å². The molecule has 0 aromatic heterocycles. The minimum atomic E-state index is -0.314. The second-order valence-electron chi connectivity index (χ2n) is 7.79. The van der Waals surface area contributed by atoms with Crippen LogP contribution in [0.1, 0.15) is 0 Å². The van der Waals surface area contributed by atoms with Gasteiger partial charge < -0.3 is 0 Å². The van der Waals surface area contributed by atoms with Crippen LogP contribution in [0.4, 0.5) is 5.69 Å². The Labute approximate surface area is 178 Å². The molecule has 0 aliphatic rings. The van der Waals surface area contributed by atoms with E-state index in [2.05, 4.69) is 66.7 Å². The largest absolute Gasteiger partial charge is 0.277 e. The molecule has 3 heteroatoms. The minimum Gasteiger partial charge on any atom is -0.258 e. The topological polar surface area (TPSA) is 43.1 Å². The summed E-state index contributed by atoms with van der Waals surface area (Å²) in [6, 6.07) is 34.4. The van der Waals surface area contributed by atoms with Crippen LogP contribution in [0.5, 0.6) is 0 Å². The molecule has 0 fully saturated rings. The molecule has 0 heterocycles. The summed E-state index contributed by atoms with van der Waals surface area (Å²) >= 11 is 0. The third kappa shape index (κ3) is 2.60. The Kier molecular flexibility index (Phi) is 3.77. The standard InChI is InChI=1S/C28H17NO2/c30-29(31)27-12-6-5-8-20(27)19-14-16-25-26(17-19)23-11-4-3-10-22(23)24-15-13-18-7-1-2-9-21(18)28(24)25/h1-17H. The van der Waals surface area contributed by atoms with E-state index in [9.17, 15) is 10.1 Å². The lowest BCUT2D eigenvalue weighted by Gasteiger charge is -2.14. The number of fused-ring (bicyclic) bond motifs is 8. The number of hydrogen-bond donors (Lipinski definition) is 0. The maximum Gasteiger partial charge on any atom is 0.277 e. The van der Waals surface area contributed by atoms with E-state index in [1.54, 1.807) is 12.1 Å². The summed E-state index contributed by atoms with van der Waals surface area (Å²) < 4.78 is 0. The van der Waals surface area contributed by atoms with E-state index in [0.29, 0.717) is 5.56 Å². The molecular weight excluding hydrogens is 382 g/mol. The number of para-hydroxylation sites is 1. The molecule has 0 spiro atoms. The Morgan fingerprint density at radius 2 is 1.16 bits per heavy atom. The molecule has 0 aliphatic carbocycles. The fourth-order valence-electron chi connectivity index (χ4n) is 4.77. The van der Waals surface area contributed by atoms with Crippen molar-refractivity contribution < 1.29 is 4.92 Å². The van der Waals surface area contributed by atoms with Gasteiger partial charge in [0.2, 0.25) is 0 Å². The zero-order chi connectivity index (χ0) is 20.9. The van der Waals surface area contributed by atoms with Crippen LogP contribution in [-0.2, 0) is 0 Å². The molecule has 3 nitrogen and oxygen atoms in total. The van der Waals surface area contributed by atoms with Crippen LogP contribution in [0.25, 0.3) is 54.2 Å². The SMILES string of the molecule is O=[N+]([O-])c1ccccc1-c1ccc2c(c1)c1ccccc1c1ccc3ccccc3c12. The van der Waals surface area contributed by atoms with Gasteiger partial charge in [-0.25, -0.2) is 0 Å². The average molecular weight is 399 g/mol. The van der Waals surface area contributed by atoms with Gasteiger partial charge in [-0.15, -0.1) is 0 Å². The van der Waals surface area contributed by atoms with Crippen molar-refractivity contribution in [2.24, 2.45) is 0 Å². The predicted octanol–water partition coefficient (Wildman–Crippen LogP) is 7.87. The average Bonchev–Trinajstić information content (AvgIpc) is 2.83. The van der Waals surface area contributed by atoms with E-state index in [4.69, 9.17) is 0 Å². The summed E-state index contributed by atoms with van der Waals surface area (Å²) in [6.45, 7) is 0. The normalized spacial score (nSPS) is 11.5. The summed E-state index contributed by atoms with van der Waals surface area (Å²) in [5.41, 5.74) is 1.61. The van der Waals surface area contributed by atoms with E-state index < -0.39 is 0 Å². The van der Waals surface area contributed by atoms with Gasteiger partial charge in [0.25, 0.3) is 5.69 Å². The maximum atomic E-state index is 11.6. The molecule has 31 heavy (non-hydrogen) atoms. The molecule has 0 atom stereocenters. The molecule has 0 unspecified atom stereocenters. The van der Waals surface area contributed by atoms with Gasteiger partial charge in [0.1, 0.15) is 0 Å². The zero-order valence-corrected chi connectivity index (χ0v) is 16.6. The van der Waals surface area contributed by atoms with Crippen molar-refractivity contribution >= 4 is 48.8 Å². The van der Waals surface area contributed by atoms with E-state index in [1.807, 2.05) is 24.3 Å². The number of nitrogens with zero attached hydrogens (tertiary/aromatic N) is 1. The van der Waals surface area contributed by atoms with Crippen LogP contribution in [0.3, 0.4) is 0 Å². The molecule has 146 valence electrons. The summed E-state index contributed by atoms with van der Waals surface area (Å²) in [7, 11) is 0. The van der Waals surface area contributed by atoms with Crippen molar-refractivity contribution in [1.82, 2.24) is 0 Å². The van der Waals surface area contributed by atoms with Crippen molar-refractivity contribution in [2.45, 2.75) is 0 Å². The maximum absolute atomic E-state index is 11.6. The fourth-order valence-corrected chi connectivity index (χ4v) is 4.77. The molecule has 6 rings (SSSR count). The monoisotopic (exact) mass is 399 g/mol. The van der Waals surface area contributed by atoms with Crippen molar-refractivity contribution in [2.75, 3.05) is 0 Å². The summed E-state index contributed by atoms with van der Waals surface area (Å²) in [4.78, 5) is 11.3. The lowest BCUT2D eigenvalue weighted by molar-refractivity contribution is -0.384. The van der Waals surface area contributed by atoms with Crippen LogP contribution in [0.2, 0.25) is 0 Å². The first-order chi connectivity index (χ1) is 15.2. The first-order valence-corrected chi connectivity index (χ1v) is 10.2. The summed E-state index contributed by atoms with van der Waals surface area (Å²) in [5, 5.41) is 21.1. The molecule has 6 aromatic rings. The van der Waals surface area contributed by atoms with Crippen molar-refractivity contribution in [3.8, 4) is 11.1 Å². The van der Waals surface area contributed by atoms with Gasteiger partial charge in [0.05, 0.1) is 10.5 Å². The highest BCUT2D eigenvalue weighted by molar-refractivity contribution is 6.31. The van der Waals surface area contributed by atoms with Gasteiger partial charge in [-0.05, 0) is 60.8 Å². The Morgan fingerprint density at radius 3 is 1.97 bits per heavy atom. The molecular formula is C28H17NO2. The van der Waals surface area contributed by atoms with Crippen molar-refractivity contribution in [1.29, 1.82) is 0 Å². The Balaban J connectivity index is 1.80. The van der Waals surface area contributed by atoms with Crippen LogP contribution in [0.15, 0.2) is 103 Å². The summed E-state index contributed by atoms with van der Waals surface area (Å²) in [6.07, 6.45) is 0. The summed E-state index contributed by atoms with van der Waals surface area (Å²) in [5.74, 6) is 0. The third-order valence-electron chi connectivity index (χ3n) is 6.14. The molecule has 0 aliphatic heterocycles. The Bertz CT molecular complexity index is 1670. The van der Waals surface area contributed by atoms with Gasteiger partial charge in [-0.1, -0.05) is 84.9 Å². The van der Waals surface area contributed by atoms with Crippen LogP contribution >= 0.6 is 0 Å². The van der Waals surface area contributed by atoms with E-state index in [-0.39, 0.29) is 10.6 Å². The lowest BCUT2D eigenvalue weighted by atomic mass is 9.89. The van der Waals surface area contributed by atoms with Crippen molar-refractivity contribution in [3.05, 3.63) is 113 Å². The van der Waals surface area contributed by atoms with Crippen LogP contribution in [0, 0.1) is 10.1 Å². The quantitative estimate of drug-likeness (QED) is 0.169. The fraction of sp³-hybridized carbons (Fsp3) is 0. The highest BCUT2D eigenvalue weighted by atomic mass is 16.6. The second-order valence-corrected chi connectivity index (χ2v) is 7.79.